The SMILES string of the molecule is CSc1nnc(-c2ccc(Cl)cc2)s1. The zero-order chi connectivity index (χ0) is 9.97. The first-order valence-corrected chi connectivity index (χ1v) is 6.35. The number of thioether (sulfide) groups is 1. The summed E-state index contributed by atoms with van der Waals surface area (Å²) >= 11 is 8.99. The molecule has 0 saturated carbocycles. The number of hydrogen-bond donors (Lipinski definition) is 0. The van der Waals surface area contributed by atoms with E-state index in [1.807, 2.05) is 30.5 Å². The van der Waals surface area contributed by atoms with Gasteiger partial charge in [-0.15, -0.1) is 10.2 Å². The molecule has 1 heterocycles. The molecule has 14 heavy (non-hydrogen) atoms. The third-order valence-electron chi connectivity index (χ3n) is 1.67. The average Bonchev–Trinajstić information content (AvgIpc) is 2.67. The molecule has 72 valence electrons. The molecule has 0 aliphatic carbocycles. The van der Waals surface area contributed by atoms with E-state index in [9.17, 15) is 0 Å². The number of benzene rings is 1. The summed E-state index contributed by atoms with van der Waals surface area (Å²) < 4.78 is 0.981. The van der Waals surface area contributed by atoms with Gasteiger partial charge >= 0.3 is 0 Å². The maximum absolute atomic E-state index is 5.79. The second-order valence-electron chi connectivity index (χ2n) is 2.58. The second kappa shape index (κ2) is 4.29. The number of halogens is 1. The highest BCUT2D eigenvalue weighted by atomic mass is 35.5. The van der Waals surface area contributed by atoms with Gasteiger partial charge in [0.25, 0.3) is 0 Å². The van der Waals surface area contributed by atoms with Crippen LogP contribution in [0.3, 0.4) is 0 Å². The maximum Gasteiger partial charge on any atom is 0.174 e. The zero-order valence-electron chi connectivity index (χ0n) is 7.40. The molecule has 2 rings (SSSR count). The Morgan fingerprint density at radius 3 is 2.50 bits per heavy atom. The lowest BCUT2D eigenvalue weighted by Gasteiger charge is -1.93. The minimum atomic E-state index is 0.739. The average molecular weight is 243 g/mol. The van der Waals surface area contributed by atoms with Crippen LogP contribution in [0.15, 0.2) is 28.6 Å². The molecule has 1 aromatic carbocycles. The van der Waals surface area contributed by atoms with Gasteiger partial charge in [-0.25, -0.2) is 0 Å². The van der Waals surface area contributed by atoms with E-state index in [2.05, 4.69) is 10.2 Å². The van der Waals surface area contributed by atoms with E-state index >= 15 is 0 Å². The maximum atomic E-state index is 5.79. The largest absolute Gasteiger partial charge is 0.174 e. The van der Waals surface area contributed by atoms with Crippen molar-refractivity contribution < 1.29 is 0 Å². The van der Waals surface area contributed by atoms with Gasteiger partial charge in [-0.2, -0.15) is 0 Å². The normalized spacial score (nSPS) is 10.4. The topological polar surface area (TPSA) is 25.8 Å². The quantitative estimate of drug-likeness (QED) is 0.753. The van der Waals surface area contributed by atoms with Gasteiger partial charge < -0.3 is 0 Å². The van der Waals surface area contributed by atoms with Crippen LogP contribution in [0, 0.1) is 0 Å². The zero-order valence-corrected chi connectivity index (χ0v) is 9.79. The third-order valence-corrected chi connectivity index (χ3v) is 3.87. The molecular formula is C9H7ClN2S2. The molecule has 0 atom stereocenters. The van der Waals surface area contributed by atoms with E-state index in [-0.39, 0.29) is 0 Å². The molecular weight excluding hydrogens is 236 g/mol. The molecule has 0 aliphatic heterocycles. The second-order valence-corrected chi connectivity index (χ2v) is 5.05. The molecule has 0 aliphatic rings. The highest BCUT2D eigenvalue weighted by molar-refractivity contribution is 8.00. The molecule has 0 fully saturated rings. The molecule has 0 spiro atoms. The predicted molar refractivity (Wildman–Crippen MR) is 62.1 cm³/mol. The number of aromatic nitrogens is 2. The van der Waals surface area contributed by atoms with Gasteiger partial charge in [-0.1, -0.05) is 46.8 Å². The van der Waals surface area contributed by atoms with Crippen LogP contribution < -0.4 is 0 Å². The predicted octanol–water partition coefficient (Wildman–Crippen LogP) is 3.58. The first-order chi connectivity index (χ1) is 6.79. The van der Waals surface area contributed by atoms with E-state index in [1.165, 1.54) is 0 Å². The van der Waals surface area contributed by atoms with Crippen molar-refractivity contribution in [3.8, 4) is 10.6 Å². The summed E-state index contributed by atoms with van der Waals surface area (Å²) in [6.45, 7) is 0. The van der Waals surface area contributed by atoms with E-state index < -0.39 is 0 Å². The molecule has 0 saturated heterocycles. The first kappa shape index (κ1) is 9.96. The number of hydrogen-bond acceptors (Lipinski definition) is 4. The summed E-state index contributed by atoms with van der Waals surface area (Å²) in [5, 5.41) is 9.80. The van der Waals surface area contributed by atoms with Crippen molar-refractivity contribution in [1.82, 2.24) is 10.2 Å². The molecule has 0 N–H and O–H groups in total. The summed E-state index contributed by atoms with van der Waals surface area (Å²) in [6, 6.07) is 7.62. The molecule has 1 aromatic heterocycles. The molecule has 0 bridgehead atoms. The Morgan fingerprint density at radius 1 is 1.21 bits per heavy atom. The van der Waals surface area contributed by atoms with E-state index in [0.29, 0.717) is 0 Å². The van der Waals surface area contributed by atoms with Crippen molar-refractivity contribution in [2.75, 3.05) is 6.26 Å². The van der Waals surface area contributed by atoms with E-state index in [0.717, 1.165) is 19.9 Å². The van der Waals surface area contributed by atoms with E-state index in [1.54, 1.807) is 23.1 Å². The number of rotatable bonds is 2. The Bertz CT molecular complexity index is 425. The van der Waals surface area contributed by atoms with Gasteiger partial charge in [-0.3, -0.25) is 0 Å². The third kappa shape index (κ3) is 2.08. The molecule has 0 unspecified atom stereocenters. The fraction of sp³-hybridized carbons (Fsp3) is 0.111. The van der Waals surface area contributed by atoms with Crippen LogP contribution in [-0.2, 0) is 0 Å². The van der Waals surface area contributed by atoms with Gasteiger partial charge in [-0.05, 0) is 18.4 Å². The van der Waals surface area contributed by atoms with Crippen LogP contribution in [-0.4, -0.2) is 16.5 Å². The minimum absolute atomic E-state index is 0.739. The standard InChI is InChI=1S/C9H7ClN2S2/c1-13-9-12-11-8(14-9)6-2-4-7(10)5-3-6/h2-5H,1H3. The highest BCUT2D eigenvalue weighted by Crippen LogP contribution is 2.28. The Labute approximate surface area is 95.3 Å². The molecule has 0 radical (unpaired) electrons. The lowest BCUT2D eigenvalue weighted by Crippen LogP contribution is -1.75. The fourth-order valence-corrected chi connectivity index (χ4v) is 2.40. The van der Waals surface area contributed by atoms with Crippen LogP contribution in [0.2, 0.25) is 5.02 Å². The van der Waals surface area contributed by atoms with Crippen molar-refractivity contribution in [3.63, 3.8) is 0 Å². The lowest BCUT2D eigenvalue weighted by molar-refractivity contribution is 1.02. The van der Waals surface area contributed by atoms with Gasteiger partial charge in [0.2, 0.25) is 0 Å². The van der Waals surface area contributed by atoms with Crippen LogP contribution in [0.4, 0.5) is 0 Å². The fourth-order valence-electron chi connectivity index (χ4n) is 1.00. The summed E-state index contributed by atoms with van der Waals surface area (Å²) in [6.07, 6.45) is 1.99. The monoisotopic (exact) mass is 242 g/mol. The first-order valence-electron chi connectivity index (χ1n) is 3.93. The van der Waals surface area contributed by atoms with Crippen LogP contribution >= 0.6 is 34.7 Å². The molecule has 2 nitrogen and oxygen atoms in total. The van der Waals surface area contributed by atoms with Crippen LogP contribution in [0.5, 0.6) is 0 Å². The summed E-state index contributed by atoms with van der Waals surface area (Å²) in [7, 11) is 0. The van der Waals surface area contributed by atoms with Gasteiger partial charge in [0.05, 0.1) is 0 Å². The molecule has 0 amide bonds. The summed E-state index contributed by atoms with van der Waals surface area (Å²) in [4.78, 5) is 0. The van der Waals surface area contributed by atoms with Crippen molar-refractivity contribution in [3.05, 3.63) is 29.3 Å². The Kier molecular flexibility index (Phi) is 3.05. The Hall–Kier alpha value is -0.580. The number of nitrogens with zero attached hydrogens (tertiary/aromatic N) is 2. The van der Waals surface area contributed by atoms with Crippen LogP contribution in [0.25, 0.3) is 10.6 Å². The van der Waals surface area contributed by atoms with Gasteiger partial charge in [0.1, 0.15) is 5.01 Å². The van der Waals surface area contributed by atoms with Crippen LogP contribution in [0.1, 0.15) is 0 Å². The van der Waals surface area contributed by atoms with E-state index in [4.69, 9.17) is 11.6 Å². The minimum Gasteiger partial charge on any atom is -0.137 e. The molecule has 2 aromatic rings. The summed E-state index contributed by atoms with van der Waals surface area (Å²) in [5.74, 6) is 0. The highest BCUT2D eigenvalue weighted by Gasteiger charge is 2.04. The molecule has 5 heteroatoms. The smallest absolute Gasteiger partial charge is 0.137 e. The van der Waals surface area contributed by atoms with Crippen molar-refractivity contribution in [2.24, 2.45) is 0 Å². The van der Waals surface area contributed by atoms with Crippen molar-refractivity contribution >= 4 is 34.7 Å². The Morgan fingerprint density at radius 2 is 1.93 bits per heavy atom. The Balaban J connectivity index is 2.34. The van der Waals surface area contributed by atoms with Crippen molar-refractivity contribution in [2.45, 2.75) is 4.34 Å². The summed E-state index contributed by atoms with van der Waals surface area (Å²) in [5.41, 5.74) is 1.06. The van der Waals surface area contributed by atoms with Gasteiger partial charge in [0, 0.05) is 10.6 Å². The van der Waals surface area contributed by atoms with Gasteiger partial charge in [0.15, 0.2) is 4.34 Å². The van der Waals surface area contributed by atoms with Crippen molar-refractivity contribution in [1.29, 1.82) is 0 Å². The lowest BCUT2D eigenvalue weighted by atomic mass is 10.2.